The van der Waals surface area contributed by atoms with Crippen LogP contribution in [0.15, 0.2) is 0 Å². The number of hydrogen-bond donors (Lipinski definition) is 1. The van der Waals surface area contributed by atoms with Crippen LogP contribution in [-0.2, 0) is 4.74 Å². The summed E-state index contributed by atoms with van der Waals surface area (Å²) < 4.78 is 5.11. The third-order valence-electron chi connectivity index (χ3n) is 2.07. The summed E-state index contributed by atoms with van der Waals surface area (Å²) in [5.41, 5.74) is 0. The van der Waals surface area contributed by atoms with E-state index in [0.717, 1.165) is 13.0 Å². The standard InChI is InChI=1S/C10H22ClNO/c1-4-5-9(2)12-10(6-7-11)8-13-3/h9-10,12H,4-8H2,1-3H3. The van der Waals surface area contributed by atoms with Gasteiger partial charge in [-0.3, -0.25) is 0 Å². The predicted molar refractivity (Wildman–Crippen MR) is 58.5 cm³/mol. The van der Waals surface area contributed by atoms with Crippen molar-refractivity contribution in [1.82, 2.24) is 5.32 Å². The predicted octanol–water partition coefficient (Wildman–Crippen LogP) is 2.41. The first-order chi connectivity index (χ1) is 6.24. The normalized spacial score (nSPS) is 15.7. The molecule has 0 aromatic heterocycles. The fourth-order valence-electron chi connectivity index (χ4n) is 1.47. The molecule has 2 atom stereocenters. The first kappa shape index (κ1) is 13.2. The monoisotopic (exact) mass is 207 g/mol. The van der Waals surface area contributed by atoms with E-state index in [1.807, 2.05) is 0 Å². The zero-order valence-corrected chi connectivity index (χ0v) is 9.73. The van der Waals surface area contributed by atoms with Crippen molar-refractivity contribution in [3.8, 4) is 0 Å². The Bertz CT molecular complexity index is 105. The van der Waals surface area contributed by atoms with Crippen molar-refractivity contribution in [3.63, 3.8) is 0 Å². The molecule has 0 aromatic carbocycles. The van der Waals surface area contributed by atoms with Crippen LogP contribution in [0.1, 0.15) is 33.1 Å². The topological polar surface area (TPSA) is 21.3 Å². The van der Waals surface area contributed by atoms with Crippen molar-refractivity contribution in [3.05, 3.63) is 0 Å². The molecule has 0 saturated heterocycles. The Kier molecular flexibility index (Phi) is 8.93. The van der Waals surface area contributed by atoms with Gasteiger partial charge in [0, 0.05) is 25.1 Å². The van der Waals surface area contributed by atoms with Gasteiger partial charge >= 0.3 is 0 Å². The second-order valence-corrected chi connectivity index (χ2v) is 3.86. The van der Waals surface area contributed by atoms with E-state index in [1.54, 1.807) is 7.11 Å². The summed E-state index contributed by atoms with van der Waals surface area (Å²) in [7, 11) is 1.73. The minimum absolute atomic E-state index is 0.407. The first-order valence-electron chi connectivity index (χ1n) is 5.05. The largest absolute Gasteiger partial charge is 0.383 e. The van der Waals surface area contributed by atoms with E-state index in [9.17, 15) is 0 Å². The summed E-state index contributed by atoms with van der Waals surface area (Å²) in [5.74, 6) is 0.694. The quantitative estimate of drug-likeness (QED) is 0.618. The third-order valence-corrected chi connectivity index (χ3v) is 2.29. The molecular formula is C10H22ClNO. The summed E-state index contributed by atoms with van der Waals surface area (Å²) in [6.07, 6.45) is 3.40. The highest BCUT2D eigenvalue weighted by Crippen LogP contribution is 2.01. The van der Waals surface area contributed by atoms with E-state index in [1.165, 1.54) is 12.8 Å². The number of alkyl halides is 1. The van der Waals surface area contributed by atoms with Gasteiger partial charge < -0.3 is 10.1 Å². The van der Waals surface area contributed by atoms with Crippen molar-refractivity contribution >= 4 is 11.6 Å². The molecule has 3 heteroatoms. The van der Waals surface area contributed by atoms with E-state index in [-0.39, 0.29) is 0 Å². The van der Waals surface area contributed by atoms with Crippen LogP contribution in [0.25, 0.3) is 0 Å². The highest BCUT2D eigenvalue weighted by molar-refractivity contribution is 6.17. The minimum atomic E-state index is 0.407. The Labute approximate surface area is 87.0 Å². The molecule has 0 radical (unpaired) electrons. The van der Waals surface area contributed by atoms with Gasteiger partial charge in [0.25, 0.3) is 0 Å². The zero-order chi connectivity index (χ0) is 10.1. The average molecular weight is 208 g/mol. The molecule has 80 valence electrons. The molecule has 0 spiro atoms. The molecule has 0 amide bonds. The number of halogens is 1. The maximum atomic E-state index is 5.70. The van der Waals surface area contributed by atoms with Crippen molar-refractivity contribution in [2.75, 3.05) is 19.6 Å². The lowest BCUT2D eigenvalue weighted by molar-refractivity contribution is 0.159. The molecule has 0 aliphatic heterocycles. The zero-order valence-electron chi connectivity index (χ0n) is 8.98. The Hall–Kier alpha value is 0.210. The molecule has 2 unspecified atom stereocenters. The summed E-state index contributed by atoms with van der Waals surface area (Å²) in [5, 5.41) is 3.51. The summed E-state index contributed by atoms with van der Waals surface area (Å²) in [4.78, 5) is 0. The average Bonchev–Trinajstić information content (AvgIpc) is 2.05. The number of nitrogens with one attached hydrogen (secondary N) is 1. The maximum Gasteiger partial charge on any atom is 0.0616 e. The molecule has 2 nitrogen and oxygen atoms in total. The Morgan fingerprint density at radius 2 is 2.08 bits per heavy atom. The van der Waals surface area contributed by atoms with E-state index >= 15 is 0 Å². The van der Waals surface area contributed by atoms with Crippen LogP contribution in [0.4, 0.5) is 0 Å². The molecular weight excluding hydrogens is 186 g/mol. The van der Waals surface area contributed by atoms with Crippen LogP contribution >= 0.6 is 11.6 Å². The van der Waals surface area contributed by atoms with Crippen LogP contribution in [0.5, 0.6) is 0 Å². The maximum absolute atomic E-state index is 5.70. The highest BCUT2D eigenvalue weighted by atomic mass is 35.5. The molecule has 0 aliphatic carbocycles. The van der Waals surface area contributed by atoms with E-state index in [0.29, 0.717) is 18.0 Å². The van der Waals surface area contributed by atoms with Gasteiger partial charge in [-0.1, -0.05) is 13.3 Å². The lowest BCUT2D eigenvalue weighted by Crippen LogP contribution is -2.39. The molecule has 0 rings (SSSR count). The smallest absolute Gasteiger partial charge is 0.0616 e. The molecule has 0 aromatic rings. The van der Waals surface area contributed by atoms with Gasteiger partial charge in [0.05, 0.1) is 6.61 Å². The van der Waals surface area contributed by atoms with Gasteiger partial charge in [0.1, 0.15) is 0 Å². The highest BCUT2D eigenvalue weighted by Gasteiger charge is 2.10. The second kappa shape index (κ2) is 8.79. The lowest BCUT2D eigenvalue weighted by atomic mass is 10.1. The van der Waals surface area contributed by atoms with E-state index in [4.69, 9.17) is 16.3 Å². The summed E-state index contributed by atoms with van der Waals surface area (Å²) >= 11 is 5.70. The number of rotatable bonds is 8. The van der Waals surface area contributed by atoms with Crippen LogP contribution < -0.4 is 5.32 Å². The fourth-order valence-corrected chi connectivity index (χ4v) is 1.73. The molecule has 0 saturated carbocycles. The van der Waals surface area contributed by atoms with Gasteiger partial charge in [0.2, 0.25) is 0 Å². The van der Waals surface area contributed by atoms with E-state index in [2.05, 4.69) is 19.2 Å². The molecule has 0 heterocycles. The summed E-state index contributed by atoms with van der Waals surface area (Å²) in [6.45, 7) is 5.16. The van der Waals surface area contributed by atoms with Crippen LogP contribution in [-0.4, -0.2) is 31.7 Å². The van der Waals surface area contributed by atoms with Gasteiger partial charge in [-0.2, -0.15) is 0 Å². The fraction of sp³-hybridized carbons (Fsp3) is 1.00. The minimum Gasteiger partial charge on any atom is -0.383 e. The van der Waals surface area contributed by atoms with Crippen molar-refractivity contribution in [2.45, 2.75) is 45.2 Å². The third kappa shape index (κ3) is 7.29. The number of hydrogen-bond acceptors (Lipinski definition) is 2. The van der Waals surface area contributed by atoms with Gasteiger partial charge in [-0.15, -0.1) is 11.6 Å². The Morgan fingerprint density at radius 3 is 2.54 bits per heavy atom. The lowest BCUT2D eigenvalue weighted by Gasteiger charge is -2.21. The molecule has 0 fully saturated rings. The van der Waals surface area contributed by atoms with Crippen molar-refractivity contribution in [1.29, 1.82) is 0 Å². The molecule has 13 heavy (non-hydrogen) atoms. The van der Waals surface area contributed by atoms with Crippen molar-refractivity contribution < 1.29 is 4.74 Å². The molecule has 1 N–H and O–H groups in total. The molecule has 0 aliphatic rings. The number of ether oxygens (including phenoxy) is 1. The summed E-state index contributed by atoms with van der Waals surface area (Å²) in [6, 6.07) is 0.970. The Morgan fingerprint density at radius 1 is 1.38 bits per heavy atom. The van der Waals surface area contributed by atoms with Crippen LogP contribution in [0.3, 0.4) is 0 Å². The Balaban J connectivity index is 3.64. The van der Waals surface area contributed by atoms with Crippen LogP contribution in [0, 0.1) is 0 Å². The second-order valence-electron chi connectivity index (χ2n) is 3.49. The van der Waals surface area contributed by atoms with Crippen molar-refractivity contribution in [2.24, 2.45) is 0 Å². The first-order valence-corrected chi connectivity index (χ1v) is 5.59. The van der Waals surface area contributed by atoms with Crippen LogP contribution in [0.2, 0.25) is 0 Å². The van der Waals surface area contributed by atoms with Gasteiger partial charge in [-0.05, 0) is 19.8 Å². The molecule has 0 bridgehead atoms. The number of methoxy groups -OCH3 is 1. The van der Waals surface area contributed by atoms with Gasteiger partial charge in [-0.25, -0.2) is 0 Å². The van der Waals surface area contributed by atoms with E-state index < -0.39 is 0 Å². The SMILES string of the molecule is CCCC(C)NC(CCCl)COC. The van der Waals surface area contributed by atoms with Gasteiger partial charge in [0.15, 0.2) is 0 Å².